The van der Waals surface area contributed by atoms with Crippen LogP contribution in [0.1, 0.15) is 489 Å². The van der Waals surface area contributed by atoms with Crippen LogP contribution in [-0.2, 0) is 9.47 Å². The van der Waals surface area contributed by atoms with Gasteiger partial charge in [0.05, 0.1) is 6.10 Å². The first-order valence-corrected chi connectivity index (χ1v) is 39.8. The molecule has 0 rings (SSSR count). The van der Waals surface area contributed by atoms with Crippen molar-refractivity contribution in [1.82, 2.24) is 0 Å². The zero-order valence-corrected chi connectivity index (χ0v) is 58.2. The second-order valence-electron chi connectivity index (χ2n) is 27.6. The highest BCUT2D eigenvalue weighted by molar-refractivity contribution is 4.89. The lowest BCUT2D eigenvalue weighted by atomic mass is 9.98. The standard InChI is InChI=1S/C80H161O2/c1-5-8-11-14-17-20-23-26-29-32-35-38-40-42-44-47-50-53-56-59-62-65-68-71-74-77-80(79(81-4)76-73-70-67-64-61-58-55-52-49-46-37-34-31-28-25-22-19-16-13-10-7-3)82-78-75-72-69-66-63-60-57-54-51-48-45-43-41-39-36-33-30-27-24-21-18-15-12-9-6-2/h79H,5-78H2,1-4H3. The second-order valence-corrected chi connectivity index (χ2v) is 27.6. The van der Waals surface area contributed by atoms with Gasteiger partial charge in [0.2, 0.25) is 0 Å². The van der Waals surface area contributed by atoms with Gasteiger partial charge in [-0.15, -0.1) is 0 Å². The van der Waals surface area contributed by atoms with Crippen molar-refractivity contribution in [3.63, 3.8) is 0 Å². The Morgan fingerprint density at radius 3 is 0.537 bits per heavy atom. The van der Waals surface area contributed by atoms with Gasteiger partial charge in [-0.2, -0.15) is 0 Å². The summed E-state index contributed by atoms with van der Waals surface area (Å²) in [4.78, 5) is 0. The van der Waals surface area contributed by atoms with Gasteiger partial charge < -0.3 is 9.47 Å². The highest BCUT2D eigenvalue weighted by atomic mass is 16.5. The minimum Gasteiger partial charge on any atom is -0.378 e. The third kappa shape index (κ3) is 70.7. The van der Waals surface area contributed by atoms with Crippen molar-refractivity contribution in [2.45, 2.75) is 496 Å². The predicted molar refractivity (Wildman–Crippen MR) is 374 cm³/mol. The van der Waals surface area contributed by atoms with E-state index in [-0.39, 0.29) is 6.10 Å². The molecule has 0 aromatic rings. The van der Waals surface area contributed by atoms with Crippen LogP contribution < -0.4 is 0 Å². The van der Waals surface area contributed by atoms with Crippen molar-refractivity contribution in [3.8, 4) is 0 Å². The quantitative estimate of drug-likeness (QED) is 0.0565. The maximum absolute atomic E-state index is 6.69. The molecule has 1 radical (unpaired) electrons. The zero-order valence-electron chi connectivity index (χ0n) is 58.2. The Morgan fingerprint density at radius 1 is 0.195 bits per heavy atom. The maximum Gasteiger partial charge on any atom is 0.126 e. The Kier molecular flexibility index (Phi) is 76.9. The molecule has 0 aliphatic rings. The summed E-state index contributed by atoms with van der Waals surface area (Å²) in [5, 5.41) is 0. The number of ether oxygens (including phenoxy) is 2. The minimum absolute atomic E-state index is 0.189. The average Bonchev–Trinajstić information content (AvgIpc) is 3.49. The smallest absolute Gasteiger partial charge is 0.126 e. The molecule has 1 unspecified atom stereocenters. The van der Waals surface area contributed by atoms with Crippen LogP contribution in [0, 0.1) is 6.10 Å². The second kappa shape index (κ2) is 77.0. The molecule has 0 aromatic heterocycles. The van der Waals surface area contributed by atoms with Gasteiger partial charge in [0, 0.05) is 13.7 Å². The summed E-state index contributed by atoms with van der Waals surface area (Å²) in [5.41, 5.74) is 0. The first kappa shape index (κ1) is 81.9. The molecule has 493 valence electrons. The Hall–Kier alpha value is -0.0800. The molecular formula is C80H161O2. The molecule has 0 aliphatic carbocycles. The van der Waals surface area contributed by atoms with Crippen LogP contribution >= 0.6 is 0 Å². The van der Waals surface area contributed by atoms with E-state index in [1.54, 1.807) is 0 Å². The normalized spacial score (nSPS) is 12.3. The van der Waals surface area contributed by atoms with Crippen molar-refractivity contribution < 1.29 is 9.47 Å². The topological polar surface area (TPSA) is 18.5 Å². The van der Waals surface area contributed by atoms with E-state index >= 15 is 0 Å². The molecule has 0 saturated heterocycles. The van der Waals surface area contributed by atoms with Gasteiger partial charge in [-0.05, 0) is 19.3 Å². The molecule has 0 amide bonds. The Bertz CT molecular complexity index is 1060. The molecule has 82 heavy (non-hydrogen) atoms. The first-order chi connectivity index (χ1) is 40.8. The van der Waals surface area contributed by atoms with Crippen LogP contribution in [-0.4, -0.2) is 19.8 Å². The lowest BCUT2D eigenvalue weighted by molar-refractivity contribution is 0.00123. The van der Waals surface area contributed by atoms with E-state index in [0.717, 1.165) is 19.4 Å². The number of hydrogen-bond donors (Lipinski definition) is 0. The summed E-state index contributed by atoms with van der Waals surface area (Å²) in [6.45, 7) is 7.85. The monoisotopic (exact) mass is 1150 g/mol. The highest BCUT2D eigenvalue weighted by Crippen LogP contribution is 2.27. The third-order valence-corrected chi connectivity index (χ3v) is 19.3. The molecule has 0 aliphatic heterocycles. The van der Waals surface area contributed by atoms with Crippen LogP contribution in [0.5, 0.6) is 0 Å². The largest absolute Gasteiger partial charge is 0.378 e. The molecule has 1 atom stereocenters. The fourth-order valence-corrected chi connectivity index (χ4v) is 13.4. The van der Waals surface area contributed by atoms with Gasteiger partial charge in [0.1, 0.15) is 6.10 Å². The Balaban J connectivity index is 4.16. The lowest BCUT2D eigenvalue weighted by Gasteiger charge is -2.25. The maximum atomic E-state index is 6.69. The number of methoxy groups -OCH3 is 1. The molecule has 2 heteroatoms. The van der Waals surface area contributed by atoms with Gasteiger partial charge in [-0.1, -0.05) is 470 Å². The number of unbranched alkanes of at least 4 members (excludes halogenated alkanes) is 68. The van der Waals surface area contributed by atoms with E-state index in [2.05, 4.69) is 20.8 Å². The summed E-state index contributed by atoms with van der Waals surface area (Å²) in [5.74, 6) is 0. The molecule has 0 heterocycles. The van der Waals surface area contributed by atoms with Gasteiger partial charge in [0.25, 0.3) is 0 Å². The summed E-state index contributed by atoms with van der Waals surface area (Å²) < 4.78 is 12.9. The van der Waals surface area contributed by atoms with Crippen LogP contribution in [0.15, 0.2) is 0 Å². The molecule has 0 aromatic carbocycles. The average molecular weight is 1160 g/mol. The molecular weight excluding hydrogens is 993 g/mol. The number of rotatable bonds is 77. The molecule has 0 spiro atoms. The van der Waals surface area contributed by atoms with Crippen molar-refractivity contribution in [2.75, 3.05) is 13.7 Å². The zero-order chi connectivity index (χ0) is 58.9. The third-order valence-electron chi connectivity index (χ3n) is 19.3. The number of hydrogen-bond acceptors (Lipinski definition) is 2. The predicted octanol–water partition coefficient (Wildman–Crippen LogP) is 30.1. The Labute approximate surface area is 522 Å². The van der Waals surface area contributed by atoms with Crippen molar-refractivity contribution in [1.29, 1.82) is 0 Å². The summed E-state index contributed by atoms with van der Waals surface area (Å²) in [6.07, 6.45) is 106. The van der Waals surface area contributed by atoms with E-state index in [1.165, 1.54) is 462 Å². The molecule has 0 saturated carbocycles. The van der Waals surface area contributed by atoms with E-state index in [1.807, 2.05) is 7.11 Å². The van der Waals surface area contributed by atoms with Crippen LogP contribution in [0.25, 0.3) is 0 Å². The first-order valence-electron chi connectivity index (χ1n) is 39.8. The summed E-state index contributed by atoms with van der Waals surface area (Å²) in [7, 11) is 1.95. The van der Waals surface area contributed by atoms with Crippen LogP contribution in [0.3, 0.4) is 0 Å². The van der Waals surface area contributed by atoms with Crippen molar-refractivity contribution in [2.24, 2.45) is 0 Å². The fourth-order valence-electron chi connectivity index (χ4n) is 13.4. The summed E-state index contributed by atoms with van der Waals surface area (Å²) >= 11 is 0. The van der Waals surface area contributed by atoms with Gasteiger partial charge in [0.15, 0.2) is 0 Å². The van der Waals surface area contributed by atoms with Crippen LogP contribution in [0.2, 0.25) is 0 Å². The molecule has 0 fully saturated rings. The van der Waals surface area contributed by atoms with Crippen molar-refractivity contribution in [3.05, 3.63) is 6.10 Å². The SMILES string of the molecule is CCCCCCCCCCCCCCCCCCCCCCCCCCCO[C](CCCCCCCCCCCCCCCCCCCCCCCCCCC)C(CCCCCCCCCCCCCCCCCCCCCCC)OC. The van der Waals surface area contributed by atoms with E-state index < -0.39 is 0 Å². The fraction of sp³-hybridized carbons (Fsp3) is 0.988. The Morgan fingerprint density at radius 2 is 0.354 bits per heavy atom. The van der Waals surface area contributed by atoms with E-state index in [9.17, 15) is 0 Å². The summed E-state index contributed by atoms with van der Waals surface area (Å²) in [6, 6.07) is 0. The van der Waals surface area contributed by atoms with Gasteiger partial charge in [-0.3, -0.25) is 0 Å². The molecule has 0 N–H and O–H groups in total. The minimum atomic E-state index is 0.189. The van der Waals surface area contributed by atoms with Crippen LogP contribution in [0.4, 0.5) is 0 Å². The van der Waals surface area contributed by atoms with E-state index in [4.69, 9.17) is 9.47 Å². The van der Waals surface area contributed by atoms with Gasteiger partial charge in [-0.25, -0.2) is 0 Å². The highest BCUT2D eigenvalue weighted by Gasteiger charge is 2.23. The van der Waals surface area contributed by atoms with Crippen molar-refractivity contribution >= 4 is 0 Å². The molecule has 0 bridgehead atoms. The lowest BCUT2D eigenvalue weighted by Crippen LogP contribution is -2.24. The van der Waals surface area contributed by atoms with Gasteiger partial charge >= 0.3 is 0 Å². The molecule has 2 nitrogen and oxygen atoms in total. The van der Waals surface area contributed by atoms with E-state index in [0.29, 0.717) is 0 Å².